The number of nitrogens with one attached hydrogen (secondary N) is 1. The van der Waals surface area contributed by atoms with Crippen molar-refractivity contribution in [3.8, 4) is 17.4 Å². The van der Waals surface area contributed by atoms with E-state index in [1.54, 1.807) is 25.3 Å². The van der Waals surface area contributed by atoms with E-state index in [9.17, 15) is 10.1 Å². The molecule has 2 heterocycles. The summed E-state index contributed by atoms with van der Waals surface area (Å²) < 4.78 is 11.8. The smallest absolute Gasteiger partial charge is 0.373 e. The van der Waals surface area contributed by atoms with Crippen LogP contribution in [0.15, 0.2) is 48.8 Å². The number of methoxy groups -OCH3 is 1. The minimum Gasteiger partial charge on any atom is -0.497 e. The van der Waals surface area contributed by atoms with Crippen LogP contribution in [0.4, 0.5) is 16.6 Å². The van der Waals surface area contributed by atoms with E-state index >= 15 is 0 Å². The zero-order chi connectivity index (χ0) is 21.1. The van der Waals surface area contributed by atoms with Crippen molar-refractivity contribution in [1.29, 1.82) is 0 Å². The van der Waals surface area contributed by atoms with Crippen molar-refractivity contribution >= 4 is 38.2 Å². The lowest BCUT2D eigenvalue weighted by Crippen LogP contribution is -2.03. The maximum Gasteiger partial charge on any atom is 0.373 e. The van der Waals surface area contributed by atoms with Gasteiger partial charge in [-0.2, -0.15) is 4.98 Å². The summed E-state index contributed by atoms with van der Waals surface area (Å²) in [6, 6.07) is 12.8. The van der Waals surface area contributed by atoms with Gasteiger partial charge in [-0.25, -0.2) is 9.97 Å². The standard InChI is InChI=1S/C20H17N5O4S/c1-3-12-4-6-13(7-5-12)29-19-17(25(26)27)18(21-11-22-19)24-20-23-15-9-8-14(28-2)10-16(15)30-20/h4-11H,3H2,1-2H3,(H,21,22,23,24). The molecule has 0 unspecified atom stereocenters. The van der Waals surface area contributed by atoms with Crippen molar-refractivity contribution in [2.24, 2.45) is 0 Å². The lowest BCUT2D eigenvalue weighted by atomic mass is 10.2. The Bertz CT molecular complexity index is 1210. The second kappa shape index (κ2) is 8.29. The maximum atomic E-state index is 11.8. The van der Waals surface area contributed by atoms with Gasteiger partial charge < -0.3 is 14.8 Å². The van der Waals surface area contributed by atoms with Crippen LogP contribution in [0.1, 0.15) is 12.5 Å². The van der Waals surface area contributed by atoms with Gasteiger partial charge in [-0.05, 0) is 42.3 Å². The molecule has 0 aliphatic rings. The lowest BCUT2D eigenvalue weighted by Gasteiger charge is -2.08. The number of nitro groups is 1. The monoisotopic (exact) mass is 423 g/mol. The molecule has 9 nitrogen and oxygen atoms in total. The summed E-state index contributed by atoms with van der Waals surface area (Å²) in [4.78, 5) is 23.6. The van der Waals surface area contributed by atoms with Crippen molar-refractivity contribution in [3.05, 3.63) is 64.5 Å². The van der Waals surface area contributed by atoms with Crippen molar-refractivity contribution in [1.82, 2.24) is 15.0 Å². The van der Waals surface area contributed by atoms with Gasteiger partial charge >= 0.3 is 11.6 Å². The van der Waals surface area contributed by atoms with Gasteiger partial charge in [-0.15, -0.1) is 0 Å². The fraction of sp³-hybridized carbons (Fsp3) is 0.150. The van der Waals surface area contributed by atoms with Crippen molar-refractivity contribution in [2.75, 3.05) is 12.4 Å². The number of anilines is 2. The second-order valence-corrected chi connectivity index (χ2v) is 7.24. The Morgan fingerprint density at radius 3 is 2.60 bits per heavy atom. The summed E-state index contributed by atoms with van der Waals surface area (Å²) in [6.07, 6.45) is 2.09. The largest absolute Gasteiger partial charge is 0.497 e. The third kappa shape index (κ3) is 3.98. The summed E-state index contributed by atoms with van der Waals surface area (Å²) in [5.74, 6) is 1.01. The van der Waals surface area contributed by atoms with E-state index in [0.29, 0.717) is 16.6 Å². The van der Waals surface area contributed by atoms with Crippen LogP contribution in [-0.2, 0) is 6.42 Å². The number of fused-ring (bicyclic) bond motifs is 1. The number of benzene rings is 2. The fourth-order valence-corrected chi connectivity index (χ4v) is 3.68. The van der Waals surface area contributed by atoms with Crippen LogP contribution in [-0.4, -0.2) is 27.0 Å². The predicted octanol–water partition coefficient (Wildman–Crippen LogP) is 5.10. The number of rotatable bonds is 7. The summed E-state index contributed by atoms with van der Waals surface area (Å²) in [7, 11) is 1.59. The molecule has 0 aliphatic heterocycles. The Hall–Kier alpha value is -3.79. The number of thiazole rings is 1. The van der Waals surface area contributed by atoms with Gasteiger partial charge in [0.1, 0.15) is 17.8 Å². The number of aromatic nitrogens is 3. The molecule has 0 saturated carbocycles. The summed E-state index contributed by atoms with van der Waals surface area (Å²) in [5, 5.41) is 15.1. The van der Waals surface area contributed by atoms with Crippen molar-refractivity contribution in [2.45, 2.75) is 13.3 Å². The molecule has 0 atom stereocenters. The Labute approximate surface area is 175 Å². The molecule has 0 aliphatic carbocycles. The number of hydrogen-bond donors (Lipinski definition) is 1. The highest BCUT2D eigenvalue weighted by atomic mass is 32.1. The highest BCUT2D eigenvalue weighted by molar-refractivity contribution is 7.22. The normalized spacial score (nSPS) is 10.7. The number of nitrogens with zero attached hydrogens (tertiary/aromatic N) is 4. The molecule has 0 fully saturated rings. The van der Waals surface area contributed by atoms with Gasteiger partial charge in [-0.3, -0.25) is 10.1 Å². The average Bonchev–Trinajstić information content (AvgIpc) is 3.15. The maximum absolute atomic E-state index is 11.8. The van der Waals surface area contributed by atoms with Crippen LogP contribution in [0.2, 0.25) is 0 Å². The molecule has 30 heavy (non-hydrogen) atoms. The highest BCUT2D eigenvalue weighted by Crippen LogP contribution is 2.37. The van der Waals surface area contributed by atoms with Crippen LogP contribution in [0.3, 0.4) is 0 Å². The van der Waals surface area contributed by atoms with E-state index in [-0.39, 0.29) is 17.4 Å². The molecule has 2 aromatic heterocycles. The van der Waals surface area contributed by atoms with Gasteiger partial charge in [0.05, 0.1) is 22.2 Å². The average molecular weight is 423 g/mol. The molecular formula is C20H17N5O4S. The van der Waals surface area contributed by atoms with Crippen LogP contribution in [0.5, 0.6) is 17.4 Å². The van der Waals surface area contributed by atoms with Crippen LogP contribution in [0, 0.1) is 10.1 Å². The Balaban J connectivity index is 1.66. The first-order chi connectivity index (χ1) is 14.6. The van der Waals surface area contributed by atoms with E-state index in [4.69, 9.17) is 9.47 Å². The van der Waals surface area contributed by atoms with Gasteiger partial charge in [0, 0.05) is 0 Å². The van der Waals surface area contributed by atoms with E-state index < -0.39 is 4.92 Å². The van der Waals surface area contributed by atoms with E-state index in [0.717, 1.165) is 22.2 Å². The molecule has 4 aromatic rings. The summed E-state index contributed by atoms with van der Waals surface area (Å²) in [6.45, 7) is 2.04. The molecule has 0 bridgehead atoms. The van der Waals surface area contributed by atoms with Crippen LogP contribution in [0.25, 0.3) is 10.2 Å². The zero-order valence-corrected chi connectivity index (χ0v) is 17.0. The molecule has 10 heteroatoms. The lowest BCUT2D eigenvalue weighted by molar-refractivity contribution is -0.385. The number of aryl methyl sites for hydroxylation is 1. The third-order valence-electron chi connectivity index (χ3n) is 4.34. The van der Waals surface area contributed by atoms with Crippen LogP contribution >= 0.6 is 11.3 Å². The van der Waals surface area contributed by atoms with Gasteiger partial charge in [-0.1, -0.05) is 30.4 Å². The topological polar surface area (TPSA) is 112 Å². The molecule has 0 saturated heterocycles. The van der Waals surface area contributed by atoms with Gasteiger partial charge in [0.15, 0.2) is 5.13 Å². The predicted molar refractivity (Wildman–Crippen MR) is 114 cm³/mol. The second-order valence-electron chi connectivity index (χ2n) is 6.21. The number of hydrogen-bond acceptors (Lipinski definition) is 9. The first-order valence-corrected chi connectivity index (χ1v) is 9.87. The minimum atomic E-state index is -0.575. The van der Waals surface area contributed by atoms with Crippen molar-refractivity contribution < 1.29 is 14.4 Å². The SMILES string of the molecule is CCc1ccc(Oc2ncnc(Nc3nc4ccc(OC)cc4s3)c2[N+](=O)[O-])cc1. The Morgan fingerprint density at radius 2 is 1.90 bits per heavy atom. The quantitative estimate of drug-likeness (QED) is 0.323. The van der Waals surface area contributed by atoms with Crippen molar-refractivity contribution in [3.63, 3.8) is 0 Å². The third-order valence-corrected chi connectivity index (χ3v) is 5.27. The van der Waals surface area contributed by atoms with Crippen LogP contribution < -0.4 is 14.8 Å². The molecule has 1 N–H and O–H groups in total. The molecule has 0 spiro atoms. The highest BCUT2D eigenvalue weighted by Gasteiger charge is 2.26. The zero-order valence-electron chi connectivity index (χ0n) is 16.2. The fourth-order valence-electron chi connectivity index (χ4n) is 2.78. The molecule has 152 valence electrons. The minimum absolute atomic E-state index is 0.00111. The molecule has 4 rings (SSSR count). The van der Waals surface area contributed by atoms with E-state index in [1.165, 1.54) is 17.7 Å². The molecule has 0 amide bonds. The Morgan fingerprint density at radius 1 is 1.13 bits per heavy atom. The van der Waals surface area contributed by atoms with E-state index in [1.807, 2.05) is 31.2 Å². The van der Waals surface area contributed by atoms with Gasteiger partial charge in [0.25, 0.3) is 0 Å². The number of ether oxygens (including phenoxy) is 2. The molecule has 2 aromatic carbocycles. The first-order valence-electron chi connectivity index (χ1n) is 9.05. The molecular weight excluding hydrogens is 406 g/mol. The Kier molecular flexibility index (Phi) is 5.40. The van der Waals surface area contributed by atoms with E-state index in [2.05, 4.69) is 20.3 Å². The van der Waals surface area contributed by atoms with Gasteiger partial charge in [0.2, 0.25) is 5.82 Å². The summed E-state index contributed by atoms with van der Waals surface area (Å²) >= 11 is 1.33. The molecule has 0 radical (unpaired) electrons. The summed E-state index contributed by atoms with van der Waals surface area (Å²) in [5.41, 5.74) is 1.51. The first kappa shape index (κ1) is 19.5.